The molecule has 2 nitrogen and oxygen atoms in total. The molecule has 2 aromatic heterocycles. The maximum absolute atomic E-state index is 2.68. The van der Waals surface area contributed by atoms with Crippen LogP contribution in [0.15, 0.2) is 182 Å². The van der Waals surface area contributed by atoms with E-state index in [1.165, 1.54) is 132 Å². The van der Waals surface area contributed by atoms with Crippen molar-refractivity contribution in [2.24, 2.45) is 0 Å². The van der Waals surface area contributed by atoms with Crippen LogP contribution in [0, 0.1) is 27.7 Å². The van der Waals surface area contributed by atoms with Gasteiger partial charge in [0.2, 0.25) is 0 Å². The van der Waals surface area contributed by atoms with Crippen LogP contribution in [0.3, 0.4) is 0 Å². The van der Waals surface area contributed by atoms with Crippen molar-refractivity contribution in [1.29, 1.82) is 0 Å². The van der Waals surface area contributed by atoms with Gasteiger partial charge in [0.05, 0.1) is 0 Å². The monoisotopic (exact) mass is 788 g/mol. The first-order valence-corrected chi connectivity index (χ1v) is 22.0. The quantitative estimate of drug-likeness (QED) is 0.157. The Morgan fingerprint density at radius 3 is 1.06 bits per heavy atom. The summed E-state index contributed by atoms with van der Waals surface area (Å²) in [5.41, 5.74) is 26.2. The lowest BCUT2D eigenvalue weighted by atomic mass is 9.42. The minimum atomic E-state index is -0.0310. The van der Waals surface area contributed by atoms with Crippen LogP contribution in [0.2, 0.25) is 0 Å². The molecule has 0 unspecified atom stereocenters. The van der Waals surface area contributed by atoms with Crippen molar-refractivity contribution in [3.8, 4) is 44.5 Å². The molecule has 0 N–H and O–H groups in total. The van der Waals surface area contributed by atoms with Gasteiger partial charge in [-0.1, -0.05) is 192 Å². The number of hydrogen-bond donors (Lipinski definition) is 0. The van der Waals surface area contributed by atoms with Gasteiger partial charge in [0.25, 0.3) is 0 Å². The molecule has 62 heavy (non-hydrogen) atoms. The van der Waals surface area contributed by atoms with Crippen LogP contribution in [0.1, 0.15) is 22.3 Å². The van der Waals surface area contributed by atoms with Crippen molar-refractivity contribution in [2.75, 3.05) is 0 Å². The van der Waals surface area contributed by atoms with E-state index in [2.05, 4.69) is 219 Å². The lowest BCUT2D eigenvalue weighted by Crippen LogP contribution is -2.56. The van der Waals surface area contributed by atoms with Gasteiger partial charge in [-0.15, -0.1) is 0 Å². The zero-order valence-corrected chi connectivity index (χ0v) is 35.4. The Hall–Kier alpha value is -7.29. The Labute approximate surface area is 362 Å². The molecule has 4 heterocycles. The van der Waals surface area contributed by atoms with Gasteiger partial charge in [0.15, 0.2) is 0 Å². The maximum Gasteiger partial charge on any atom is 0.329 e. The highest BCUT2D eigenvalue weighted by molar-refractivity contribution is 6.90. The lowest BCUT2D eigenvalue weighted by molar-refractivity contribution is 1.30. The van der Waals surface area contributed by atoms with E-state index in [4.69, 9.17) is 0 Å². The van der Waals surface area contributed by atoms with E-state index in [9.17, 15) is 0 Å². The van der Waals surface area contributed by atoms with Gasteiger partial charge < -0.3 is 8.96 Å². The molecule has 2 aliphatic heterocycles. The summed E-state index contributed by atoms with van der Waals surface area (Å²) in [4.78, 5) is 0. The zero-order chi connectivity index (χ0) is 41.4. The highest BCUT2D eigenvalue weighted by Gasteiger charge is 2.41. The third-order valence-corrected chi connectivity index (χ3v) is 14.3. The van der Waals surface area contributed by atoms with Crippen LogP contribution >= 0.6 is 0 Å². The minimum Gasteiger partial charge on any atom is -0.375 e. The summed E-state index contributed by atoms with van der Waals surface area (Å²) in [7, 11) is 0. The first-order chi connectivity index (χ1) is 30.4. The number of benzene rings is 9. The molecule has 290 valence electrons. The van der Waals surface area contributed by atoms with Gasteiger partial charge in [-0.3, -0.25) is 0 Å². The van der Waals surface area contributed by atoms with Crippen LogP contribution in [-0.2, 0) is 0 Å². The molecular formula is C58H42B2N2. The van der Waals surface area contributed by atoms with Gasteiger partial charge in [-0.25, -0.2) is 0 Å². The summed E-state index contributed by atoms with van der Waals surface area (Å²) in [6, 6.07) is 68.6. The first kappa shape index (κ1) is 35.5. The first-order valence-electron chi connectivity index (χ1n) is 22.0. The van der Waals surface area contributed by atoms with E-state index >= 15 is 0 Å². The van der Waals surface area contributed by atoms with E-state index in [1.54, 1.807) is 0 Å². The SMILES string of the molecule is Cc1cc(-c2ccccc2)cc(C)c1B1c2cc3c(cc2-c2cccc4c5ccccc5n1c24)B(c1c(C)cc(-c2ccccc2)cc1C)n1c2ccccc2c2cccc-3c21. The predicted molar refractivity (Wildman–Crippen MR) is 267 cm³/mol. The van der Waals surface area contributed by atoms with Crippen molar-refractivity contribution < 1.29 is 0 Å². The van der Waals surface area contributed by atoms with Crippen molar-refractivity contribution in [2.45, 2.75) is 27.7 Å². The summed E-state index contributed by atoms with van der Waals surface area (Å²) < 4.78 is 5.36. The van der Waals surface area contributed by atoms with E-state index in [-0.39, 0.29) is 13.7 Å². The van der Waals surface area contributed by atoms with Crippen molar-refractivity contribution in [3.63, 3.8) is 0 Å². The van der Waals surface area contributed by atoms with Crippen molar-refractivity contribution in [3.05, 3.63) is 204 Å². The molecule has 13 rings (SSSR count). The molecule has 4 heteroatoms. The lowest BCUT2D eigenvalue weighted by Gasteiger charge is -2.34. The number of aromatic nitrogens is 2. The minimum absolute atomic E-state index is 0.0310. The fraction of sp³-hybridized carbons (Fsp3) is 0.0690. The molecule has 11 aromatic rings. The van der Waals surface area contributed by atoms with E-state index < -0.39 is 0 Å². The summed E-state index contributed by atoms with van der Waals surface area (Å²) in [6.45, 7) is 9.26. The highest BCUT2D eigenvalue weighted by Crippen LogP contribution is 2.43. The number of fused-ring (bicyclic) bond motifs is 10. The third kappa shape index (κ3) is 4.84. The van der Waals surface area contributed by atoms with E-state index in [0.29, 0.717) is 0 Å². The third-order valence-electron chi connectivity index (χ3n) is 14.3. The second-order valence-corrected chi connectivity index (χ2v) is 17.8. The van der Waals surface area contributed by atoms with Crippen LogP contribution in [0.5, 0.6) is 0 Å². The number of hydrogen-bond acceptors (Lipinski definition) is 0. The van der Waals surface area contributed by atoms with Crippen molar-refractivity contribution in [1.82, 2.24) is 8.96 Å². The fourth-order valence-electron chi connectivity index (χ4n) is 11.9. The highest BCUT2D eigenvalue weighted by atomic mass is 14.9. The molecule has 0 atom stereocenters. The molecule has 0 fully saturated rings. The van der Waals surface area contributed by atoms with Gasteiger partial charge >= 0.3 is 13.7 Å². The van der Waals surface area contributed by atoms with Crippen LogP contribution < -0.4 is 21.9 Å². The molecule has 0 saturated carbocycles. The number of nitrogens with zero attached hydrogens (tertiary/aromatic N) is 2. The second-order valence-electron chi connectivity index (χ2n) is 17.8. The molecule has 0 amide bonds. The Morgan fingerprint density at radius 2 is 0.661 bits per heavy atom. The molecule has 2 aliphatic rings. The topological polar surface area (TPSA) is 9.86 Å². The van der Waals surface area contributed by atoms with E-state index in [0.717, 1.165) is 0 Å². The Bertz CT molecular complexity index is 3400. The Kier molecular flexibility index (Phi) is 7.50. The normalized spacial score (nSPS) is 12.8. The largest absolute Gasteiger partial charge is 0.375 e. The van der Waals surface area contributed by atoms with Gasteiger partial charge in [0.1, 0.15) is 0 Å². The second kappa shape index (κ2) is 13.1. The predicted octanol–water partition coefficient (Wildman–Crippen LogP) is 11.7. The van der Waals surface area contributed by atoms with Crippen LogP contribution in [0.25, 0.3) is 88.1 Å². The molecule has 9 aromatic carbocycles. The molecule has 0 aliphatic carbocycles. The Balaban J connectivity index is 1.15. The van der Waals surface area contributed by atoms with E-state index in [1.807, 2.05) is 0 Å². The smallest absolute Gasteiger partial charge is 0.329 e. The maximum atomic E-state index is 2.68. The average molecular weight is 789 g/mol. The van der Waals surface area contributed by atoms with Gasteiger partial charge in [-0.2, -0.15) is 0 Å². The summed E-state index contributed by atoms with van der Waals surface area (Å²) in [5, 5.41) is 5.23. The van der Waals surface area contributed by atoms with Gasteiger partial charge in [-0.05, 0) is 95.1 Å². The number of aryl methyl sites for hydroxylation is 4. The van der Waals surface area contributed by atoms with Crippen LogP contribution in [-0.4, -0.2) is 22.7 Å². The number of rotatable bonds is 4. The molecule has 0 bridgehead atoms. The average Bonchev–Trinajstić information content (AvgIpc) is 3.82. The zero-order valence-electron chi connectivity index (χ0n) is 35.4. The van der Waals surface area contributed by atoms with Gasteiger partial charge in [0, 0.05) is 54.7 Å². The molecular weight excluding hydrogens is 746 g/mol. The number of para-hydroxylation sites is 4. The Morgan fingerprint density at radius 1 is 0.306 bits per heavy atom. The van der Waals surface area contributed by atoms with Crippen molar-refractivity contribution >= 4 is 79.2 Å². The molecule has 0 spiro atoms. The standard InChI is InChI=1S/C58H42B2N2/c1-35-29-41(39-17-7-5-8-18-39)30-36(2)55(35)59-51-33-50-48-26-16-24-46-44-22-12-14-28-54(44)62(58(46)48)60(56-37(3)31-42(32-38(56)4)40-19-9-6-10-20-40)52(50)34-49(51)47-25-15-23-45-43-21-11-13-27-53(43)61(59)57(45)47/h5-34H,1-4H3. The summed E-state index contributed by atoms with van der Waals surface area (Å²) >= 11 is 0. The molecule has 0 saturated heterocycles. The van der Waals surface area contributed by atoms with Crippen LogP contribution in [0.4, 0.5) is 0 Å². The fourth-order valence-corrected chi connectivity index (χ4v) is 11.9. The summed E-state index contributed by atoms with van der Waals surface area (Å²) in [6.07, 6.45) is 0. The summed E-state index contributed by atoms with van der Waals surface area (Å²) in [5.74, 6) is 0. The molecule has 0 radical (unpaired) electrons.